The molecule has 86 valence electrons. The molecule has 1 heterocycles. The van der Waals surface area contributed by atoms with E-state index in [1.54, 1.807) is 18.2 Å². The van der Waals surface area contributed by atoms with Crippen LogP contribution in [0.25, 0.3) is 0 Å². The lowest BCUT2D eigenvalue weighted by Gasteiger charge is -2.05. The normalized spacial score (nSPS) is 9.94. The third-order valence-electron chi connectivity index (χ3n) is 2.19. The quantitative estimate of drug-likeness (QED) is 0.893. The van der Waals surface area contributed by atoms with Gasteiger partial charge in [0.2, 0.25) is 5.43 Å². The van der Waals surface area contributed by atoms with Crippen LogP contribution in [0.1, 0.15) is 10.4 Å². The van der Waals surface area contributed by atoms with E-state index in [-0.39, 0.29) is 17.0 Å². The summed E-state index contributed by atoms with van der Waals surface area (Å²) in [4.78, 5) is 26.1. The highest BCUT2D eigenvalue weighted by Crippen LogP contribution is 2.16. The number of benzene rings is 1. The predicted molar refractivity (Wildman–Crippen MR) is 69.2 cm³/mol. The fourth-order valence-corrected chi connectivity index (χ4v) is 1.81. The van der Waals surface area contributed by atoms with E-state index >= 15 is 0 Å². The number of hydrogen-bond acceptors (Lipinski definition) is 2. The Morgan fingerprint density at radius 1 is 1.24 bits per heavy atom. The standard InChI is InChI=1S/C12H9BrN2O2/c13-9-4-2-1-3-8(9)12(17)15-10-7-14-6-5-11(10)16/h1-7H,(H,14,16)(H,15,17). The molecular weight excluding hydrogens is 284 g/mol. The Hall–Kier alpha value is -1.88. The number of rotatable bonds is 2. The van der Waals surface area contributed by atoms with E-state index < -0.39 is 0 Å². The van der Waals surface area contributed by atoms with E-state index in [1.807, 2.05) is 6.07 Å². The first-order valence-electron chi connectivity index (χ1n) is 4.91. The largest absolute Gasteiger partial charge is 0.366 e. The Morgan fingerprint density at radius 3 is 2.71 bits per heavy atom. The van der Waals surface area contributed by atoms with Gasteiger partial charge in [-0.2, -0.15) is 0 Å². The summed E-state index contributed by atoms with van der Waals surface area (Å²) in [5.74, 6) is -0.325. The van der Waals surface area contributed by atoms with Crippen molar-refractivity contribution < 1.29 is 4.79 Å². The number of aromatic amines is 1. The summed E-state index contributed by atoms with van der Waals surface area (Å²) in [5, 5.41) is 2.55. The van der Waals surface area contributed by atoms with Crippen LogP contribution >= 0.6 is 15.9 Å². The van der Waals surface area contributed by atoms with E-state index in [9.17, 15) is 9.59 Å². The van der Waals surface area contributed by atoms with Crippen molar-refractivity contribution in [3.05, 3.63) is 63.0 Å². The number of H-pyrrole nitrogens is 1. The zero-order valence-electron chi connectivity index (χ0n) is 8.74. The van der Waals surface area contributed by atoms with E-state index in [0.717, 1.165) is 0 Å². The van der Waals surface area contributed by atoms with Crippen LogP contribution in [0.5, 0.6) is 0 Å². The molecule has 0 saturated heterocycles. The van der Waals surface area contributed by atoms with Gasteiger partial charge in [-0.3, -0.25) is 9.59 Å². The molecular formula is C12H9BrN2O2. The number of aromatic nitrogens is 1. The van der Waals surface area contributed by atoms with E-state index in [4.69, 9.17) is 0 Å². The van der Waals surface area contributed by atoms with Gasteiger partial charge in [-0.25, -0.2) is 0 Å². The van der Waals surface area contributed by atoms with E-state index in [1.165, 1.54) is 18.5 Å². The van der Waals surface area contributed by atoms with Gasteiger partial charge in [0.1, 0.15) is 5.69 Å². The van der Waals surface area contributed by atoms with Crippen LogP contribution in [0, 0.1) is 0 Å². The van der Waals surface area contributed by atoms with Crippen molar-refractivity contribution in [3.63, 3.8) is 0 Å². The van der Waals surface area contributed by atoms with Gasteiger partial charge in [0.05, 0.1) is 5.56 Å². The number of pyridine rings is 1. The van der Waals surface area contributed by atoms with Gasteiger partial charge in [0.15, 0.2) is 0 Å². The highest BCUT2D eigenvalue weighted by atomic mass is 79.9. The second-order valence-corrected chi connectivity index (χ2v) is 4.21. The van der Waals surface area contributed by atoms with Gasteiger partial charge < -0.3 is 10.3 Å². The van der Waals surface area contributed by atoms with E-state index in [0.29, 0.717) is 10.0 Å². The molecule has 2 rings (SSSR count). The summed E-state index contributed by atoms with van der Waals surface area (Å²) in [7, 11) is 0. The lowest BCUT2D eigenvalue weighted by atomic mass is 10.2. The average Bonchev–Trinajstić information content (AvgIpc) is 2.32. The van der Waals surface area contributed by atoms with Crippen molar-refractivity contribution in [2.24, 2.45) is 0 Å². The van der Waals surface area contributed by atoms with Crippen LogP contribution in [0.15, 0.2) is 52.0 Å². The second kappa shape index (κ2) is 4.97. The number of anilines is 1. The topological polar surface area (TPSA) is 62.0 Å². The van der Waals surface area contributed by atoms with Crippen molar-refractivity contribution >= 4 is 27.5 Å². The Balaban J connectivity index is 2.27. The monoisotopic (exact) mass is 292 g/mol. The molecule has 0 spiro atoms. The molecule has 0 aliphatic heterocycles. The van der Waals surface area contributed by atoms with Crippen molar-refractivity contribution in [3.8, 4) is 0 Å². The lowest BCUT2D eigenvalue weighted by molar-refractivity contribution is 0.102. The Bertz CT molecular complexity index is 607. The van der Waals surface area contributed by atoms with Gasteiger partial charge in [-0.1, -0.05) is 12.1 Å². The molecule has 0 aliphatic rings. The number of carbonyl (C=O) groups is 1. The van der Waals surface area contributed by atoms with Crippen molar-refractivity contribution in [1.82, 2.24) is 4.98 Å². The molecule has 1 aromatic heterocycles. The van der Waals surface area contributed by atoms with Crippen molar-refractivity contribution in [1.29, 1.82) is 0 Å². The highest BCUT2D eigenvalue weighted by Gasteiger charge is 2.10. The number of halogens is 1. The van der Waals surface area contributed by atoms with Gasteiger partial charge in [-0.05, 0) is 28.1 Å². The van der Waals surface area contributed by atoms with Crippen molar-refractivity contribution in [2.75, 3.05) is 5.32 Å². The van der Waals surface area contributed by atoms with Gasteiger partial charge >= 0.3 is 0 Å². The Morgan fingerprint density at radius 2 is 2.00 bits per heavy atom. The first-order chi connectivity index (χ1) is 8.18. The minimum absolute atomic E-state index is 0.230. The van der Waals surface area contributed by atoms with Crippen LogP contribution in [0.2, 0.25) is 0 Å². The van der Waals surface area contributed by atoms with Crippen LogP contribution in [-0.2, 0) is 0 Å². The smallest absolute Gasteiger partial charge is 0.256 e. The molecule has 0 unspecified atom stereocenters. The molecule has 4 nitrogen and oxygen atoms in total. The molecule has 5 heteroatoms. The average molecular weight is 293 g/mol. The molecule has 0 aliphatic carbocycles. The fraction of sp³-hybridized carbons (Fsp3) is 0. The summed E-state index contributed by atoms with van der Waals surface area (Å²) in [6, 6.07) is 8.38. The molecule has 0 saturated carbocycles. The Labute approximate surface area is 106 Å². The van der Waals surface area contributed by atoms with Crippen LogP contribution in [0.3, 0.4) is 0 Å². The zero-order valence-corrected chi connectivity index (χ0v) is 10.3. The van der Waals surface area contributed by atoms with Gasteiger partial charge in [-0.15, -0.1) is 0 Å². The van der Waals surface area contributed by atoms with Gasteiger partial charge in [0.25, 0.3) is 5.91 Å². The predicted octanol–water partition coefficient (Wildman–Crippen LogP) is 2.39. The molecule has 0 fully saturated rings. The summed E-state index contributed by atoms with van der Waals surface area (Å²) in [6.07, 6.45) is 2.97. The molecule has 2 N–H and O–H groups in total. The minimum Gasteiger partial charge on any atom is -0.366 e. The second-order valence-electron chi connectivity index (χ2n) is 3.36. The van der Waals surface area contributed by atoms with Gasteiger partial charge in [0, 0.05) is 22.9 Å². The zero-order chi connectivity index (χ0) is 12.3. The number of nitrogens with one attached hydrogen (secondary N) is 2. The summed E-state index contributed by atoms with van der Waals surface area (Å²) >= 11 is 3.28. The fourth-order valence-electron chi connectivity index (χ4n) is 1.35. The summed E-state index contributed by atoms with van der Waals surface area (Å²) in [5.41, 5.74) is 0.480. The maximum atomic E-state index is 11.9. The van der Waals surface area contributed by atoms with Crippen LogP contribution in [-0.4, -0.2) is 10.9 Å². The first-order valence-corrected chi connectivity index (χ1v) is 5.71. The van der Waals surface area contributed by atoms with Crippen LogP contribution in [0.4, 0.5) is 5.69 Å². The molecule has 0 bridgehead atoms. The minimum atomic E-state index is -0.325. The van der Waals surface area contributed by atoms with E-state index in [2.05, 4.69) is 26.2 Å². The third kappa shape index (κ3) is 2.62. The summed E-state index contributed by atoms with van der Waals surface area (Å²) in [6.45, 7) is 0. The number of hydrogen-bond donors (Lipinski definition) is 2. The molecule has 2 aromatic rings. The molecule has 1 amide bonds. The number of amides is 1. The summed E-state index contributed by atoms with van der Waals surface area (Å²) < 4.78 is 0.685. The first kappa shape index (κ1) is 11.6. The van der Waals surface area contributed by atoms with Crippen LogP contribution < -0.4 is 10.7 Å². The maximum Gasteiger partial charge on any atom is 0.256 e. The molecule has 17 heavy (non-hydrogen) atoms. The highest BCUT2D eigenvalue weighted by molar-refractivity contribution is 9.10. The van der Waals surface area contributed by atoms with Crippen molar-refractivity contribution in [2.45, 2.75) is 0 Å². The SMILES string of the molecule is O=C(Nc1c[nH]ccc1=O)c1ccccc1Br. The third-order valence-corrected chi connectivity index (χ3v) is 2.88. The Kier molecular flexibility index (Phi) is 3.39. The molecule has 1 aromatic carbocycles. The number of carbonyl (C=O) groups excluding carboxylic acids is 1. The molecule has 0 radical (unpaired) electrons. The maximum absolute atomic E-state index is 11.9. The lowest BCUT2D eigenvalue weighted by Crippen LogP contribution is -2.18. The molecule has 0 atom stereocenters.